The quantitative estimate of drug-likeness (QED) is 0.245. The molecule has 0 fully saturated rings. The second-order valence-electron chi connectivity index (χ2n) is 5.21. The smallest absolute Gasteiger partial charge is 0.230 e. The first kappa shape index (κ1) is 18.6. The van der Waals surface area contributed by atoms with E-state index in [2.05, 4.69) is 34.9 Å². The average molecular weight is 281 g/mol. The highest BCUT2D eigenvalue weighted by Gasteiger charge is 1.96. The van der Waals surface area contributed by atoms with E-state index in [-0.39, 0.29) is 5.96 Å². The van der Waals surface area contributed by atoms with Crippen LogP contribution in [0.3, 0.4) is 0 Å². The molecular formula is C15H31N5. The maximum Gasteiger partial charge on any atom is 0.230 e. The number of nitrogens with zero attached hydrogens (tertiary/aromatic N) is 2. The number of unbranched alkanes of at least 4 members (excludes halogenated alkanes) is 4. The Labute approximate surface area is 123 Å². The van der Waals surface area contributed by atoms with Gasteiger partial charge in [-0.05, 0) is 39.5 Å². The molecular weight excluding hydrogens is 250 g/mol. The highest BCUT2D eigenvalue weighted by molar-refractivity contribution is 5.86. The predicted octanol–water partition coefficient (Wildman–Crippen LogP) is 4.01. The maximum atomic E-state index is 7.67. The minimum Gasteiger partial charge on any atom is -0.266 e. The molecule has 20 heavy (non-hydrogen) atoms. The van der Waals surface area contributed by atoms with Gasteiger partial charge in [0, 0.05) is 11.4 Å². The zero-order valence-corrected chi connectivity index (χ0v) is 13.6. The third kappa shape index (κ3) is 11.7. The largest absolute Gasteiger partial charge is 0.266 e. The molecule has 0 bridgehead atoms. The van der Waals surface area contributed by atoms with E-state index in [1.54, 1.807) is 0 Å². The summed E-state index contributed by atoms with van der Waals surface area (Å²) >= 11 is 0. The Morgan fingerprint density at radius 2 is 1.20 bits per heavy atom. The van der Waals surface area contributed by atoms with Gasteiger partial charge >= 0.3 is 0 Å². The van der Waals surface area contributed by atoms with Crippen molar-refractivity contribution < 1.29 is 0 Å². The van der Waals surface area contributed by atoms with Gasteiger partial charge in [0.05, 0.1) is 0 Å². The van der Waals surface area contributed by atoms with Gasteiger partial charge in [0.2, 0.25) is 5.96 Å². The molecule has 0 saturated carbocycles. The van der Waals surface area contributed by atoms with Crippen LogP contribution in [0.15, 0.2) is 10.2 Å². The molecule has 0 aliphatic heterocycles. The molecule has 0 amide bonds. The van der Waals surface area contributed by atoms with Crippen molar-refractivity contribution in [2.75, 3.05) is 0 Å². The number of guanidine groups is 1. The first-order chi connectivity index (χ1) is 9.60. The molecule has 5 nitrogen and oxygen atoms in total. The van der Waals surface area contributed by atoms with E-state index in [1.807, 2.05) is 13.8 Å². The van der Waals surface area contributed by atoms with E-state index >= 15 is 0 Å². The lowest BCUT2D eigenvalue weighted by Crippen LogP contribution is -2.30. The maximum absolute atomic E-state index is 7.67. The molecule has 0 saturated heterocycles. The summed E-state index contributed by atoms with van der Waals surface area (Å²) in [6.45, 7) is 8.33. The van der Waals surface area contributed by atoms with Gasteiger partial charge < -0.3 is 0 Å². The van der Waals surface area contributed by atoms with Crippen molar-refractivity contribution in [1.29, 1.82) is 5.41 Å². The number of hydrogen-bond acceptors (Lipinski definition) is 3. The van der Waals surface area contributed by atoms with Crippen molar-refractivity contribution in [3.8, 4) is 0 Å². The average Bonchev–Trinajstić information content (AvgIpc) is 2.43. The van der Waals surface area contributed by atoms with E-state index in [9.17, 15) is 0 Å². The number of hydrogen-bond donors (Lipinski definition) is 3. The highest BCUT2D eigenvalue weighted by Crippen LogP contribution is 2.00. The molecule has 0 unspecified atom stereocenters. The van der Waals surface area contributed by atoms with Crippen molar-refractivity contribution in [2.24, 2.45) is 10.2 Å². The number of hydrazone groups is 2. The normalized spacial score (nSPS) is 12.4. The van der Waals surface area contributed by atoms with Crippen LogP contribution >= 0.6 is 0 Å². The zero-order chi connectivity index (χ0) is 15.2. The molecule has 0 spiro atoms. The molecule has 0 atom stereocenters. The fourth-order valence-electron chi connectivity index (χ4n) is 1.70. The molecule has 0 aliphatic rings. The number of nitrogens with one attached hydrogen (secondary N) is 3. The lowest BCUT2D eigenvalue weighted by molar-refractivity contribution is 0.735. The summed E-state index contributed by atoms with van der Waals surface area (Å²) in [6, 6.07) is 0. The minimum absolute atomic E-state index is 0.120. The van der Waals surface area contributed by atoms with Gasteiger partial charge in [0.25, 0.3) is 0 Å². The molecule has 0 aromatic rings. The van der Waals surface area contributed by atoms with Crippen LogP contribution in [0.25, 0.3) is 0 Å². The Kier molecular flexibility index (Phi) is 11.8. The Hall–Kier alpha value is -1.39. The fraction of sp³-hybridized carbons (Fsp3) is 0.800. The summed E-state index contributed by atoms with van der Waals surface area (Å²) in [5.74, 6) is 0.120. The van der Waals surface area contributed by atoms with Crippen molar-refractivity contribution in [3.05, 3.63) is 0 Å². The van der Waals surface area contributed by atoms with Crippen LogP contribution in [0.1, 0.15) is 79.1 Å². The Bertz CT molecular complexity index is 290. The first-order valence-electron chi connectivity index (χ1n) is 7.77. The molecule has 0 aromatic heterocycles. The van der Waals surface area contributed by atoms with Crippen LogP contribution in [0.2, 0.25) is 0 Å². The van der Waals surface area contributed by atoms with Crippen LogP contribution in [0, 0.1) is 5.41 Å². The standard InChI is InChI=1S/C15H31N5/c1-5-7-9-11-13(3)17-19-15(16)20-18-14(4)12-10-8-6-2/h5-12H2,1-4H3,(H3,16,19,20)/b17-13+,18-14+. The van der Waals surface area contributed by atoms with Crippen LogP contribution < -0.4 is 10.9 Å². The molecule has 0 aliphatic carbocycles. The van der Waals surface area contributed by atoms with Gasteiger partial charge in [0.15, 0.2) is 0 Å². The molecule has 116 valence electrons. The molecule has 0 radical (unpaired) electrons. The van der Waals surface area contributed by atoms with E-state index < -0.39 is 0 Å². The third-order valence-electron chi connectivity index (χ3n) is 3.00. The van der Waals surface area contributed by atoms with Crippen molar-refractivity contribution in [2.45, 2.75) is 79.1 Å². The van der Waals surface area contributed by atoms with Crippen molar-refractivity contribution in [3.63, 3.8) is 0 Å². The van der Waals surface area contributed by atoms with Gasteiger partial charge in [-0.3, -0.25) is 5.41 Å². The summed E-state index contributed by atoms with van der Waals surface area (Å²) in [5.41, 5.74) is 7.41. The van der Waals surface area contributed by atoms with E-state index in [0.29, 0.717) is 0 Å². The number of rotatable bonds is 10. The van der Waals surface area contributed by atoms with Gasteiger partial charge in [-0.25, -0.2) is 10.9 Å². The summed E-state index contributed by atoms with van der Waals surface area (Å²) in [6.07, 6.45) is 9.15. The molecule has 3 N–H and O–H groups in total. The third-order valence-corrected chi connectivity index (χ3v) is 3.00. The van der Waals surface area contributed by atoms with Crippen LogP contribution in [0.4, 0.5) is 0 Å². The molecule has 0 heterocycles. The SMILES string of the molecule is CCCCC/C(C)=N/NC(=N)N/N=C(\C)CCCCC. The monoisotopic (exact) mass is 281 g/mol. The van der Waals surface area contributed by atoms with Gasteiger partial charge in [-0.15, -0.1) is 0 Å². The van der Waals surface area contributed by atoms with E-state index in [0.717, 1.165) is 37.1 Å². The Morgan fingerprint density at radius 3 is 1.55 bits per heavy atom. The van der Waals surface area contributed by atoms with Gasteiger partial charge in [-0.1, -0.05) is 39.5 Å². The highest BCUT2D eigenvalue weighted by atomic mass is 15.5. The predicted molar refractivity (Wildman–Crippen MR) is 88.5 cm³/mol. The topological polar surface area (TPSA) is 72.6 Å². The van der Waals surface area contributed by atoms with E-state index in [1.165, 1.54) is 25.7 Å². The summed E-state index contributed by atoms with van der Waals surface area (Å²) < 4.78 is 0. The van der Waals surface area contributed by atoms with Gasteiger partial charge in [-0.2, -0.15) is 10.2 Å². The van der Waals surface area contributed by atoms with E-state index in [4.69, 9.17) is 5.41 Å². The summed E-state index contributed by atoms with van der Waals surface area (Å²) in [4.78, 5) is 0. The van der Waals surface area contributed by atoms with Gasteiger partial charge in [0.1, 0.15) is 0 Å². The fourth-order valence-corrected chi connectivity index (χ4v) is 1.70. The second kappa shape index (κ2) is 12.6. The zero-order valence-electron chi connectivity index (χ0n) is 13.6. The minimum atomic E-state index is 0.120. The van der Waals surface area contributed by atoms with Crippen LogP contribution in [-0.2, 0) is 0 Å². The summed E-state index contributed by atoms with van der Waals surface area (Å²) in [7, 11) is 0. The van der Waals surface area contributed by atoms with Crippen LogP contribution in [0.5, 0.6) is 0 Å². The lowest BCUT2D eigenvalue weighted by atomic mass is 10.1. The van der Waals surface area contributed by atoms with Crippen LogP contribution in [-0.4, -0.2) is 17.4 Å². The first-order valence-corrected chi connectivity index (χ1v) is 7.77. The molecule has 0 aromatic carbocycles. The Morgan fingerprint density at radius 1 is 0.800 bits per heavy atom. The van der Waals surface area contributed by atoms with Crippen molar-refractivity contribution >= 4 is 17.4 Å². The second-order valence-corrected chi connectivity index (χ2v) is 5.21. The molecule has 0 rings (SSSR count). The summed E-state index contributed by atoms with van der Waals surface area (Å²) in [5, 5.41) is 16.0. The molecule has 5 heteroatoms. The van der Waals surface area contributed by atoms with Crippen molar-refractivity contribution in [1.82, 2.24) is 10.9 Å². The lowest BCUT2D eigenvalue weighted by Gasteiger charge is -2.05. The Balaban J connectivity index is 3.86.